The smallest absolute Gasteiger partial charge is 0.0591 e. The fourth-order valence-corrected chi connectivity index (χ4v) is 10.0. The molecule has 1 aromatic carbocycles. The highest BCUT2D eigenvalue weighted by atomic mass is 35.5. The number of halogens is 2. The number of rotatable bonds is 11. The Bertz CT molecular complexity index is 637. The van der Waals surface area contributed by atoms with Crippen molar-refractivity contribution in [3.63, 3.8) is 0 Å². The Morgan fingerprint density at radius 1 is 0.903 bits per heavy atom. The van der Waals surface area contributed by atoms with Crippen LogP contribution in [0.2, 0.25) is 18.1 Å². The molecule has 0 amide bonds. The van der Waals surface area contributed by atoms with E-state index in [-0.39, 0.29) is 8.80 Å². The fourth-order valence-electron chi connectivity index (χ4n) is 6.24. The van der Waals surface area contributed by atoms with E-state index < -0.39 is 0 Å². The van der Waals surface area contributed by atoms with Gasteiger partial charge in [0, 0.05) is 14.3 Å². The minimum atomic E-state index is -0.333. The lowest BCUT2D eigenvalue weighted by atomic mass is 9.73. The van der Waals surface area contributed by atoms with Crippen LogP contribution in [0.4, 0.5) is 0 Å². The Hall–Kier alpha value is -0.243. The van der Waals surface area contributed by atoms with Gasteiger partial charge in [0.1, 0.15) is 0 Å². The summed E-state index contributed by atoms with van der Waals surface area (Å²) < 4.78 is 0. The number of hydrogen-bond donors (Lipinski definition) is 0. The van der Waals surface area contributed by atoms with Gasteiger partial charge in [-0.3, -0.25) is 0 Å². The average molecular weight is 480 g/mol. The lowest BCUT2D eigenvalue weighted by Gasteiger charge is -2.37. The second-order valence-corrected chi connectivity index (χ2v) is 14.5. The molecule has 1 saturated carbocycles. The summed E-state index contributed by atoms with van der Waals surface area (Å²) in [6.45, 7) is 2.34. The van der Waals surface area contributed by atoms with Crippen molar-refractivity contribution in [2.75, 3.05) is 0 Å². The van der Waals surface area contributed by atoms with Crippen LogP contribution in [0.3, 0.4) is 0 Å². The van der Waals surface area contributed by atoms with Crippen LogP contribution >= 0.6 is 23.2 Å². The molecule has 31 heavy (non-hydrogen) atoms. The van der Waals surface area contributed by atoms with Crippen molar-refractivity contribution in [3.05, 3.63) is 40.9 Å². The van der Waals surface area contributed by atoms with Crippen molar-refractivity contribution in [1.82, 2.24) is 0 Å². The molecule has 0 nitrogen and oxygen atoms in total. The van der Waals surface area contributed by atoms with Crippen molar-refractivity contribution < 1.29 is 0 Å². The highest BCUT2D eigenvalue weighted by Gasteiger charge is 2.30. The summed E-state index contributed by atoms with van der Waals surface area (Å²) >= 11 is 11.8. The standard InChI is InChI=1S/C28H44Cl2Si/c1-2-3-6-19-31-20-17-26(18-21-31)25-13-9-23(10-14-25)7-4-5-8-24-11-15-27(16-12-24)28(30)22-29/h11-12,15-16,22-23,25-26,31H,2-10,13-14,17-21H2,1H3/t23-,25-,26-,31-. The molecule has 3 heteroatoms. The summed E-state index contributed by atoms with van der Waals surface area (Å²) in [6, 6.07) is 13.6. The molecule has 2 aliphatic rings. The molecule has 0 radical (unpaired) electrons. The molecular weight excluding hydrogens is 435 g/mol. The van der Waals surface area contributed by atoms with Gasteiger partial charge in [-0.25, -0.2) is 0 Å². The second kappa shape index (κ2) is 14.1. The Kier molecular flexibility index (Phi) is 11.6. The van der Waals surface area contributed by atoms with E-state index in [2.05, 4.69) is 31.2 Å². The van der Waals surface area contributed by atoms with E-state index in [9.17, 15) is 0 Å². The minimum Gasteiger partial charge on any atom is -0.0913 e. The first-order valence-electron chi connectivity index (χ1n) is 13.2. The molecule has 1 saturated heterocycles. The number of hydrogen-bond acceptors (Lipinski definition) is 0. The van der Waals surface area contributed by atoms with Crippen molar-refractivity contribution in [1.29, 1.82) is 0 Å². The summed E-state index contributed by atoms with van der Waals surface area (Å²) in [6.07, 6.45) is 19.0. The van der Waals surface area contributed by atoms with E-state index in [1.807, 2.05) is 0 Å². The van der Waals surface area contributed by atoms with Crippen LogP contribution in [-0.4, -0.2) is 8.80 Å². The first-order chi connectivity index (χ1) is 15.2. The number of aryl methyl sites for hydroxylation is 1. The normalized spacial score (nSPS) is 27.4. The van der Waals surface area contributed by atoms with Crippen molar-refractivity contribution in [3.8, 4) is 0 Å². The Balaban J connectivity index is 1.26. The van der Waals surface area contributed by atoms with E-state index >= 15 is 0 Å². The van der Waals surface area contributed by atoms with Crippen molar-refractivity contribution in [2.24, 2.45) is 17.8 Å². The molecular formula is C28H44Cl2Si. The third kappa shape index (κ3) is 8.56. The van der Waals surface area contributed by atoms with Gasteiger partial charge in [0.25, 0.3) is 0 Å². The summed E-state index contributed by atoms with van der Waals surface area (Å²) in [7, 11) is -0.333. The van der Waals surface area contributed by atoms with E-state index in [0.717, 1.165) is 23.3 Å². The van der Waals surface area contributed by atoms with Crippen LogP contribution in [0.25, 0.3) is 5.03 Å². The van der Waals surface area contributed by atoms with Crippen LogP contribution in [-0.2, 0) is 6.42 Å². The van der Waals surface area contributed by atoms with Crippen molar-refractivity contribution in [2.45, 2.75) is 109 Å². The van der Waals surface area contributed by atoms with E-state index in [1.165, 1.54) is 81.7 Å². The Morgan fingerprint density at radius 3 is 2.23 bits per heavy atom. The molecule has 0 aromatic heterocycles. The van der Waals surface area contributed by atoms with Crippen LogP contribution in [0.5, 0.6) is 0 Å². The van der Waals surface area contributed by atoms with Gasteiger partial charge in [0.2, 0.25) is 0 Å². The first kappa shape index (κ1) is 25.4. The predicted molar refractivity (Wildman–Crippen MR) is 143 cm³/mol. The topological polar surface area (TPSA) is 0 Å². The quantitative estimate of drug-likeness (QED) is 0.219. The molecule has 0 unspecified atom stereocenters. The molecule has 1 heterocycles. The second-order valence-electron chi connectivity index (χ2n) is 10.5. The highest BCUT2D eigenvalue weighted by Crippen LogP contribution is 2.42. The average Bonchev–Trinajstić information content (AvgIpc) is 2.83. The Morgan fingerprint density at radius 2 is 1.58 bits per heavy atom. The van der Waals surface area contributed by atoms with Gasteiger partial charge < -0.3 is 0 Å². The molecule has 0 N–H and O–H groups in total. The maximum atomic E-state index is 6.08. The minimum absolute atomic E-state index is 0.333. The van der Waals surface area contributed by atoms with E-state index in [4.69, 9.17) is 23.2 Å². The van der Waals surface area contributed by atoms with Gasteiger partial charge in [-0.1, -0.05) is 130 Å². The highest BCUT2D eigenvalue weighted by molar-refractivity contribution is 6.59. The van der Waals surface area contributed by atoms with Gasteiger partial charge in [0.15, 0.2) is 0 Å². The molecule has 1 aliphatic heterocycles. The molecule has 1 aliphatic carbocycles. The number of unbranched alkanes of at least 4 members (excludes halogenated alkanes) is 3. The van der Waals surface area contributed by atoms with Crippen LogP contribution < -0.4 is 0 Å². The van der Waals surface area contributed by atoms with Gasteiger partial charge in [-0.05, 0) is 54.6 Å². The summed E-state index contributed by atoms with van der Waals surface area (Å²) in [5, 5.41) is 0.617. The Labute approximate surface area is 203 Å². The molecule has 0 atom stereocenters. The predicted octanol–water partition coefficient (Wildman–Crippen LogP) is 9.81. The maximum absolute atomic E-state index is 6.08. The van der Waals surface area contributed by atoms with Gasteiger partial charge in [0.05, 0.1) is 5.03 Å². The molecule has 0 spiro atoms. The number of benzene rings is 1. The first-order valence-corrected chi connectivity index (χ1v) is 16.5. The zero-order chi connectivity index (χ0) is 21.9. The fraction of sp³-hybridized carbons (Fsp3) is 0.714. The summed E-state index contributed by atoms with van der Waals surface area (Å²) in [5.41, 5.74) is 3.86. The molecule has 174 valence electrons. The molecule has 3 rings (SSSR count). The van der Waals surface area contributed by atoms with E-state index in [0.29, 0.717) is 5.03 Å². The SMILES string of the molecule is CCCCC[Si@H]1CC[C@H]([C@H]2CC[C@H](CCCCc3ccc(C(Cl)=CCl)cc3)CC2)CC1. The van der Waals surface area contributed by atoms with Gasteiger partial charge >= 0.3 is 0 Å². The van der Waals surface area contributed by atoms with Crippen LogP contribution in [0.1, 0.15) is 95.1 Å². The third-order valence-corrected chi connectivity index (χ3v) is 12.5. The molecule has 2 fully saturated rings. The molecule has 1 aromatic rings. The largest absolute Gasteiger partial charge is 0.0913 e. The van der Waals surface area contributed by atoms with Gasteiger partial charge in [-0.15, -0.1) is 0 Å². The third-order valence-electron chi connectivity index (χ3n) is 8.32. The lowest BCUT2D eigenvalue weighted by Crippen LogP contribution is -2.28. The summed E-state index contributed by atoms with van der Waals surface area (Å²) in [5.74, 6) is 3.18. The van der Waals surface area contributed by atoms with Crippen LogP contribution in [0.15, 0.2) is 29.8 Å². The zero-order valence-electron chi connectivity index (χ0n) is 19.8. The monoisotopic (exact) mass is 478 g/mol. The molecule has 0 bridgehead atoms. The van der Waals surface area contributed by atoms with Crippen LogP contribution in [0, 0.1) is 17.8 Å². The van der Waals surface area contributed by atoms with Gasteiger partial charge in [-0.2, -0.15) is 0 Å². The summed E-state index contributed by atoms with van der Waals surface area (Å²) in [4.78, 5) is 0. The van der Waals surface area contributed by atoms with E-state index in [1.54, 1.807) is 31.0 Å². The maximum Gasteiger partial charge on any atom is 0.0591 e. The lowest BCUT2D eigenvalue weighted by molar-refractivity contribution is 0.184. The van der Waals surface area contributed by atoms with Crippen molar-refractivity contribution >= 4 is 37.0 Å². The zero-order valence-corrected chi connectivity index (χ0v) is 22.4.